The number of hydrogen-bond donors (Lipinski definition) is 0. The lowest BCUT2D eigenvalue weighted by Crippen LogP contribution is -2.15. The second-order valence-corrected chi connectivity index (χ2v) is 6.95. The predicted molar refractivity (Wildman–Crippen MR) is 92.5 cm³/mol. The molecule has 1 aromatic rings. The molecule has 0 aliphatic rings. The molecule has 1 unspecified atom stereocenters. The van der Waals surface area contributed by atoms with Crippen molar-refractivity contribution in [1.82, 2.24) is 0 Å². The van der Waals surface area contributed by atoms with Crippen LogP contribution in [0.15, 0.2) is 35.4 Å². The first kappa shape index (κ1) is 17.8. The zero-order valence-electron chi connectivity index (χ0n) is 11.5. The minimum absolute atomic E-state index is 0.230. The van der Waals surface area contributed by atoms with Gasteiger partial charge in [-0.2, -0.15) is 0 Å². The minimum atomic E-state index is -0.467. The van der Waals surface area contributed by atoms with Crippen LogP contribution in [0.5, 0.6) is 0 Å². The van der Waals surface area contributed by atoms with Crippen molar-refractivity contribution in [3.8, 4) is 0 Å². The van der Waals surface area contributed by atoms with Gasteiger partial charge in [0.15, 0.2) is 0 Å². The maximum Gasteiger partial charge on any atom is 0.324 e. The van der Waals surface area contributed by atoms with Crippen molar-refractivity contribution in [3.05, 3.63) is 46.3 Å². The molecule has 1 atom stereocenters. The van der Waals surface area contributed by atoms with Gasteiger partial charge in [0, 0.05) is 11.5 Å². The van der Waals surface area contributed by atoms with E-state index in [4.69, 9.17) is 22.5 Å². The van der Waals surface area contributed by atoms with E-state index >= 15 is 0 Å². The summed E-state index contributed by atoms with van der Waals surface area (Å²) in [6.07, 6.45) is 2.39. The third-order valence-electron chi connectivity index (χ3n) is 2.41. The van der Waals surface area contributed by atoms with Crippen LogP contribution in [0.4, 0.5) is 0 Å². The fourth-order valence-corrected chi connectivity index (χ4v) is 3.07. The summed E-state index contributed by atoms with van der Waals surface area (Å²) >= 11 is 7.93. The van der Waals surface area contributed by atoms with E-state index in [-0.39, 0.29) is 12.6 Å². The Morgan fingerprint density at radius 2 is 2.19 bits per heavy atom. The van der Waals surface area contributed by atoms with Crippen molar-refractivity contribution >= 4 is 45.2 Å². The molecule has 21 heavy (non-hydrogen) atoms. The Labute approximate surface area is 137 Å². The Morgan fingerprint density at radius 1 is 1.48 bits per heavy atom. The second-order valence-electron chi connectivity index (χ2n) is 3.84. The SMILES string of the molecule is CSC(=S)SC(C(=O)OCCCN=[N+]=[N-])c1ccccc1. The van der Waals surface area contributed by atoms with Crippen LogP contribution in [0.1, 0.15) is 17.2 Å². The molecular weight excluding hydrogens is 326 g/mol. The molecule has 0 saturated carbocycles. The number of azide groups is 1. The molecule has 0 radical (unpaired) electrons. The molecule has 0 fully saturated rings. The Balaban J connectivity index is 2.65. The van der Waals surface area contributed by atoms with Gasteiger partial charge in [-0.1, -0.05) is 59.4 Å². The summed E-state index contributed by atoms with van der Waals surface area (Å²) in [7, 11) is 0. The van der Waals surface area contributed by atoms with Crippen LogP contribution >= 0.6 is 35.7 Å². The first-order valence-corrected chi connectivity index (χ1v) is 8.67. The third kappa shape index (κ3) is 6.86. The number of benzene rings is 1. The highest BCUT2D eigenvalue weighted by Crippen LogP contribution is 2.34. The van der Waals surface area contributed by atoms with Gasteiger partial charge in [-0.15, -0.1) is 11.8 Å². The Bertz CT molecular complexity index is 519. The number of ether oxygens (including phenoxy) is 1. The molecule has 112 valence electrons. The van der Waals surface area contributed by atoms with Gasteiger partial charge in [0.25, 0.3) is 0 Å². The van der Waals surface area contributed by atoms with Gasteiger partial charge in [-0.25, -0.2) is 0 Å². The molecule has 0 bridgehead atoms. The molecule has 0 saturated heterocycles. The molecule has 1 rings (SSSR count). The lowest BCUT2D eigenvalue weighted by atomic mass is 10.1. The molecule has 0 spiro atoms. The fraction of sp³-hybridized carbons (Fsp3) is 0.385. The van der Waals surface area contributed by atoms with Crippen LogP contribution in [0, 0.1) is 0 Å². The average molecular weight is 341 g/mol. The summed E-state index contributed by atoms with van der Waals surface area (Å²) in [6.45, 7) is 0.546. The maximum absolute atomic E-state index is 12.2. The van der Waals surface area contributed by atoms with Gasteiger partial charge >= 0.3 is 5.97 Å². The Morgan fingerprint density at radius 3 is 2.81 bits per heavy atom. The van der Waals surface area contributed by atoms with E-state index in [0.29, 0.717) is 16.5 Å². The molecule has 0 aliphatic carbocycles. The van der Waals surface area contributed by atoms with Crippen molar-refractivity contribution in [2.75, 3.05) is 19.4 Å². The summed E-state index contributed by atoms with van der Waals surface area (Å²) in [4.78, 5) is 14.9. The van der Waals surface area contributed by atoms with Gasteiger partial charge in [0.2, 0.25) is 0 Å². The smallest absolute Gasteiger partial charge is 0.324 e. The Hall–Kier alpha value is -1.21. The van der Waals surface area contributed by atoms with Gasteiger partial charge in [-0.05, 0) is 23.8 Å². The van der Waals surface area contributed by atoms with Gasteiger partial charge in [0.05, 0.1) is 6.61 Å². The standard InChI is InChI=1S/C13H15N3O2S3/c1-20-13(19)21-11(10-6-3-2-4-7-10)12(17)18-9-5-8-15-16-14/h2-4,6-7,11H,5,8-9H2,1H3. The van der Waals surface area contributed by atoms with Crippen molar-refractivity contribution in [2.45, 2.75) is 11.7 Å². The van der Waals surface area contributed by atoms with Crippen LogP contribution < -0.4 is 0 Å². The van der Waals surface area contributed by atoms with Crippen molar-refractivity contribution < 1.29 is 9.53 Å². The zero-order valence-corrected chi connectivity index (χ0v) is 13.9. The normalized spacial score (nSPS) is 11.3. The summed E-state index contributed by atoms with van der Waals surface area (Å²) in [6, 6.07) is 9.40. The van der Waals surface area contributed by atoms with E-state index in [1.54, 1.807) is 0 Å². The van der Waals surface area contributed by atoms with E-state index < -0.39 is 5.25 Å². The number of esters is 1. The van der Waals surface area contributed by atoms with E-state index in [0.717, 1.165) is 5.56 Å². The summed E-state index contributed by atoms with van der Waals surface area (Å²) in [5, 5.41) is 2.93. The minimum Gasteiger partial charge on any atom is -0.465 e. The molecule has 0 amide bonds. The van der Waals surface area contributed by atoms with Crippen molar-refractivity contribution in [1.29, 1.82) is 0 Å². The highest BCUT2D eigenvalue weighted by molar-refractivity contribution is 8.47. The topological polar surface area (TPSA) is 75.1 Å². The highest BCUT2D eigenvalue weighted by atomic mass is 32.2. The largest absolute Gasteiger partial charge is 0.465 e. The van der Waals surface area contributed by atoms with E-state index in [9.17, 15) is 4.79 Å². The number of thiocarbonyl (C=S) groups is 1. The summed E-state index contributed by atoms with van der Waals surface area (Å²) in [5.41, 5.74) is 9.03. The van der Waals surface area contributed by atoms with Crippen LogP contribution in [-0.2, 0) is 9.53 Å². The van der Waals surface area contributed by atoms with Crippen LogP contribution in [0.25, 0.3) is 10.4 Å². The monoisotopic (exact) mass is 341 g/mol. The number of carbonyl (C=O) groups excluding carboxylic acids is 1. The summed E-state index contributed by atoms with van der Waals surface area (Å²) in [5.74, 6) is -0.330. The van der Waals surface area contributed by atoms with Crippen molar-refractivity contribution in [2.24, 2.45) is 5.11 Å². The molecular formula is C13H15N3O2S3. The zero-order chi connectivity index (χ0) is 15.5. The number of nitrogens with zero attached hydrogens (tertiary/aromatic N) is 3. The van der Waals surface area contributed by atoms with Gasteiger partial charge < -0.3 is 4.74 Å². The lowest BCUT2D eigenvalue weighted by Gasteiger charge is -2.15. The first-order valence-electron chi connectivity index (χ1n) is 6.16. The molecule has 8 heteroatoms. The molecule has 0 aromatic heterocycles. The summed E-state index contributed by atoms with van der Waals surface area (Å²) < 4.78 is 5.93. The number of hydrogen-bond acceptors (Lipinski definition) is 6. The molecule has 1 aromatic carbocycles. The Kier molecular flexibility index (Phi) is 8.93. The molecule has 0 N–H and O–H groups in total. The maximum atomic E-state index is 12.2. The average Bonchev–Trinajstić information content (AvgIpc) is 2.52. The van der Waals surface area contributed by atoms with Gasteiger partial charge in [-0.3, -0.25) is 4.79 Å². The molecule has 5 nitrogen and oxygen atoms in total. The lowest BCUT2D eigenvalue weighted by molar-refractivity contribution is -0.143. The fourth-order valence-electron chi connectivity index (χ4n) is 1.45. The van der Waals surface area contributed by atoms with E-state index in [1.807, 2.05) is 36.6 Å². The predicted octanol–water partition coefficient (Wildman–Crippen LogP) is 4.35. The van der Waals surface area contributed by atoms with E-state index in [1.165, 1.54) is 23.5 Å². The van der Waals surface area contributed by atoms with Crippen LogP contribution in [-0.4, -0.2) is 28.9 Å². The number of thioether (sulfide) groups is 2. The molecule has 0 heterocycles. The number of carbonyl (C=O) groups is 1. The third-order valence-corrected chi connectivity index (χ3v) is 5.21. The number of rotatable bonds is 7. The van der Waals surface area contributed by atoms with Gasteiger partial charge in [0.1, 0.15) is 8.78 Å². The van der Waals surface area contributed by atoms with Crippen LogP contribution in [0.2, 0.25) is 0 Å². The second kappa shape index (κ2) is 10.5. The molecule has 0 aliphatic heterocycles. The van der Waals surface area contributed by atoms with E-state index in [2.05, 4.69) is 10.0 Å². The quantitative estimate of drug-likeness (QED) is 0.184. The first-order chi connectivity index (χ1) is 10.2. The highest BCUT2D eigenvalue weighted by Gasteiger charge is 2.24. The van der Waals surface area contributed by atoms with Crippen molar-refractivity contribution in [3.63, 3.8) is 0 Å². The van der Waals surface area contributed by atoms with Crippen LogP contribution in [0.3, 0.4) is 0 Å².